The fourth-order valence-corrected chi connectivity index (χ4v) is 12.0. The number of rotatable bonds is 5. The van der Waals surface area contributed by atoms with Gasteiger partial charge in [0.1, 0.15) is 11.2 Å². The molecular weight excluding hydrogens is 640 g/mol. The number of H-pyrrole nitrogens is 2. The number of ether oxygens (including phenoxy) is 2. The van der Waals surface area contributed by atoms with E-state index in [9.17, 15) is 15.0 Å². The molecule has 2 aromatic heterocycles. The van der Waals surface area contributed by atoms with Crippen molar-refractivity contribution in [2.75, 3.05) is 47.5 Å². The zero-order valence-corrected chi connectivity index (χ0v) is 30.5. The topological polar surface area (TPSA) is 114 Å². The van der Waals surface area contributed by atoms with Crippen LogP contribution in [0.3, 0.4) is 0 Å². The molecule has 9 nitrogen and oxygen atoms in total. The lowest BCUT2D eigenvalue weighted by Crippen LogP contribution is -2.63. The molecule has 51 heavy (non-hydrogen) atoms. The van der Waals surface area contributed by atoms with Crippen LogP contribution < -0.4 is 4.74 Å². The maximum Gasteiger partial charge on any atom is 0.316 e. The van der Waals surface area contributed by atoms with E-state index < -0.39 is 5.41 Å². The third-order valence-electron chi connectivity index (χ3n) is 14.2. The van der Waals surface area contributed by atoms with E-state index in [1.807, 2.05) is 6.92 Å². The molecular formula is C42H52N4O5. The molecule has 0 radical (unpaired) electrons. The van der Waals surface area contributed by atoms with Gasteiger partial charge >= 0.3 is 5.97 Å². The van der Waals surface area contributed by atoms with Crippen LogP contribution in [-0.4, -0.2) is 102 Å². The molecule has 3 saturated heterocycles. The van der Waals surface area contributed by atoms with Crippen molar-refractivity contribution in [3.8, 4) is 5.75 Å². The molecule has 1 saturated carbocycles. The Labute approximate surface area is 300 Å². The number of aliphatic hydroxyl groups is 2. The number of carbonyl (C=O) groups is 1. The van der Waals surface area contributed by atoms with Crippen molar-refractivity contribution < 1.29 is 24.5 Å². The van der Waals surface area contributed by atoms with Crippen molar-refractivity contribution >= 4 is 27.8 Å². The fraction of sp³-hybridized carbons (Fsp3) is 0.548. The summed E-state index contributed by atoms with van der Waals surface area (Å²) in [4.78, 5) is 27.1. The maximum absolute atomic E-state index is 14.2. The number of carbonyl (C=O) groups excluding carboxylic acids is 1. The number of likely N-dealkylation sites (N-methyl/N-ethyl adjacent to an activating group) is 1. The van der Waals surface area contributed by atoms with E-state index >= 15 is 0 Å². The zero-order valence-electron chi connectivity index (χ0n) is 30.5. The number of piperidine rings is 3. The van der Waals surface area contributed by atoms with Crippen molar-refractivity contribution in [1.29, 1.82) is 0 Å². The molecule has 6 aliphatic rings. The van der Waals surface area contributed by atoms with Crippen LogP contribution in [0, 0.1) is 23.2 Å². The van der Waals surface area contributed by atoms with E-state index in [1.165, 1.54) is 29.3 Å². The standard InChI is InChI=1S/C42H52N4O5/c1-6-24-20-45(3)35-18-29-25-9-7-8-10-33(25)43-38(29)30(17-32(24)42(35,21-47)41(49)51-5)36-34(50-4)12-11-26-27-13-14-46-19-23-15-28(22(2)48)40(46)31(16-23)37(27)44-39(26)36/h6-12,22-23,28,30-32,35,40,43-44,47-48H,13-21H2,1-5H3/b24-6+/t22-,23+,28+,30+,31-,32-,35-,40-,42-/m0/s1. The van der Waals surface area contributed by atoms with Crippen molar-refractivity contribution in [3.05, 3.63) is 76.1 Å². The Morgan fingerprint density at radius 2 is 1.90 bits per heavy atom. The highest BCUT2D eigenvalue weighted by molar-refractivity contribution is 5.92. The predicted octanol–water partition coefficient (Wildman–Crippen LogP) is 5.50. The molecule has 270 valence electrons. The Morgan fingerprint density at radius 1 is 1.08 bits per heavy atom. The molecule has 0 spiro atoms. The van der Waals surface area contributed by atoms with Gasteiger partial charge in [-0.25, -0.2) is 0 Å². The summed E-state index contributed by atoms with van der Waals surface area (Å²) in [7, 11) is 5.28. The number of aromatic amines is 2. The lowest BCUT2D eigenvalue weighted by Gasteiger charge is -2.54. The maximum atomic E-state index is 14.2. The number of hydrogen-bond donors (Lipinski definition) is 4. The Bertz CT molecular complexity index is 2050. The fourth-order valence-electron chi connectivity index (χ4n) is 12.0. The molecule has 1 unspecified atom stereocenters. The van der Waals surface area contributed by atoms with Gasteiger partial charge < -0.3 is 29.7 Å². The second kappa shape index (κ2) is 12.2. The highest BCUT2D eigenvalue weighted by Gasteiger charge is 2.59. The monoisotopic (exact) mass is 692 g/mol. The molecule has 0 amide bonds. The summed E-state index contributed by atoms with van der Waals surface area (Å²) in [5.74, 6) is 1.25. The number of likely N-dealkylation sites (tertiary alicyclic amines) is 1. The lowest BCUT2D eigenvalue weighted by atomic mass is 9.58. The first-order valence-electron chi connectivity index (χ1n) is 19.0. The molecule has 4 N–H and O–H groups in total. The second-order valence-corrected chi connectivity index (χ2v) is 16.3. The summed E-state index contributed by atoms with van der Waals surface area (Å²) in [6.07, 6.45) is 6.22. The molecule has 4 aromatic rings. The first kappa shape index (κ1) is 33.2. The number of allylic oxidation sites excluding steroid dienone is 1. The molecule has 6 heterocycles. The summed E-state index contributed by atoms with van der Waals surface area (Å²) in [6.45, 7) is 6.58. The Hall–Kier alpha value is -3.63. The smallest absolute Gasteiger partial charge is 0.316 e. The van der Waals surface area contributed by atoms with E-state index in [-0.39, 0.29) is 42.5 Å². The predicted molar refractivity (Wildman–Crippen MR) is 198 cm³/mol. The van der Waals surface area contributed by atoms with Gasteiger partial charge in [0.05, 0.1) is 32.4 Å². The van der Waals surface area contributed by atoms with Gasteiger partial charge in [-0.15, -0.1) is 0 Å². The van der Waals surface area contributed by atoms with Gasteiger partial charge in [-0.3, -0.25) is 14.6 Å². The van der Waals surface area contributed by atoms with E-state index in [1.54, 1.807) is 7.11 Å². The largest absolute Gasteiger partial charge is 0.496 e. The first-order valence-corrected chi connectivity index (χ1v) is 19.0. The van der Waals surface area contributed by atoms with Crippen LogP contribution >= 0.6 is 0 Å². The average molecular weight is 693 g/mol. The summed E-state index contributed by atoms with van der Waals surface area (Å²) < 4.78 is 11.9. The van der Waals surface area contributed by atoms with Gasteiger partial charge in [0.2, 0.25) is 0 Å². The van der Waals surface area contributed by atoms with Crippen molar-refractivity contribution in [2.45, 2.75) is 76.0 Å². The lowest BCUT2D eigenvalue weighted by molar-refractivity contribution is -0.169. The van der Waals surface area contributed by atoms with E-state index in [0.717, 1.165) is 77.9 Å². The quantitative estimate of drug-likeness (QED) is 0.162. The van der Waals surface area contributed by atoms with Crippen LogP contribution in [-0.2, 0) is 22.4 Å². The number of esters is 1. The van der Waals surface area contributed by atoms with Crippen LogP contribution in [0.4, 0.5) is 0 Å². The van der Waals surface area contributed by atoms with Gasteiger partial charge in [0.15, 0.2) is 0 Å². The number of para-hydroxylation sites is 1. The van der Waals surface area contributed by atoms with Crippen LogP contribution in [0.15, 0.2) is 48.0 Å². The molecule has 4 aliphatic heterocycles. The average Bonchev–Trinajstić information content (AvgIpc) is 3.67. The number of fused-ring (bicyclic) bond motifs is 9. The van der Waals surface area contributed by atoms with Crippen molar-refractivity contribution in [3.63, 3.8) is 0 Å². The molecule has 6 bridgehead atoms. The minimum atomic E-state index is -1.15. The summed E-state index contributed by atoms with van der Waals surface area (Å²) in [5.41, 5.74) is 8.35. The van der Waals surface area contributed by atoms with Gasteiger partial charge in [0, 0.05) is 88.6 Å². The van der Waals surface area contributed by atoms with E-state index in [2.05, 4.69) is 76.2 Å². The highest BCUT2D eigenvalue weighted by Crippen LogP contribution is 2.56. The van der Waals surface area contributed by atoms with Crippen LogP contribution in [0.5, 0.6) is 5.75 Å². The summed E-state index contributed by atoms with van der Waals surface area (Å²) >= 11 is 0. The molecule has 2 aromatic carbocycles. The third-order valence-corrected chi connectivity index (χ3v) is 14.2. The van der Waals surface area contributed by atoms with Crippen molar-refractivity contribution in [1.82, 2.24) is 19.8 Å². The third kappa shape index (κ3) is 4.63. The number of hydrogen-bond acceptors (Lipinski definition) is 7. The van der Waals surface area contributed by atoms with Crippen LogP contribution in [0.2, 0.25) is 0 Å². The SMILES string of the molecule is C/C=C1\CN(C)[C@H]2Cc3c([nH]c4ccccc34)[C@@H](c3c(OC)ccc4c5c([nH]c34)[C@@H]3C[C@H]4C[C@H]([C@H](C)O)[C@@H]3N(CC5)C4)C[C@@H]1[C@]2(CO)C(=O)OC. The van der Waals surface area contributed by atoms with Gasteiger partial charge in [-0.2, -0.15) is 0 Å². The number of aliphatic hydroxyl groups excluding tert-OH is 2. The minimum absolute atomic E-state index is 0.169. The number of aromatic nitrogens is 2. The Morgan fingerprint density at radius 3 is 2.65 bits per heavy atom. The molecule has 2 aliphatic carbocycles. The summed E-state index contributed by atoms with van der Waals surface area (Å²) in [6, 6.07) is 12.9. The number of nitrogens with one attached hydrogen (secondary N) is 2. The highest BCUT2D eigenvalue weighted by atomic mass is 16.5. The van der Waals surface area contributed by atoms with E-state index in [0.29, 0.717) is 30.7 Å². The van der Waals surface area contributed by atoms with Gasteiger partial charge in [0.25, 0.3) is 0 Å². The minimum Gasteiger partial charge on any atom is -0.496 e. The van der Waals surface area contributed by atoms with Crippen LogP contribution in [0.1, 0.15) is 73.0 Å². The Kier molecular flexibility index (Phi) is 7.96. The number of benzene rings is 2. The zero-order chi connectivity index (χ0) is 35.3. The van der Waals surface area contributed by atoms with Gasteiger partial charge in [-0.1, -0.05) is 29.8 Å². The Balaban J connectivity index is 1.30. The second-order valence-electron chi connectivity index (χ2n) is 16.3. The first-order chi connectivity index (χ1) is 24.7. The van der Waals surface area contributed by atoms with E-state index in [4.69, 9.17) is 9.47 Å². The molecule has 10 rings (SSSR count). The molecule has 9 heteroatoms. The molecule has 10 atom stereocenters. The number of methoxy groups -OCH3 is 2. The molecule has 4 fully saturated rings. The van der Waals surface area contributed by atoms with Crippen LogP contribution in [0.25, 0.3) is 21.8 Å². The number of nitrogens with zero attached hydrogens (tertiary/aromatic N) is 2. The van der Waals surface area contributed by atoms with Gasteiger partial charge in [-0.05, 0) is 88.2 Å². The summed E-state index contributed by atoms with van der Waals surface area (Å²) in [5, 5.41) is 24.8. The normalized spacial score (nSPS) is 34.5. The van der Waals surface area contributed by atoms with Crippen molar-refractivity contribution in [2.24, 2.45) is 23.2 Å².